The number of aliphatic hydroxyl groups excluding tert-OH is 1. The van der Waals surface area contributed by atoms with E-state index in [2.05, 4.69) is 47.3 Å². The number of ether oxygens (including phenoxy) is 2. The first kappa shape index (κ1) is 29.1. The lowest BCUT2D eigenvalue weighted by molar-refractivity contribution is -0.209. The summed E-state index contributed by atoms with van der Waals surface area (Å²) in [6, 6.07) is 7.68. The predicted octanol–water partition coefficient (Wildman–Crippen LogP) is 5.66. The van der Waals surface area contributed by atoms with Crippen LogP contribution in [0.5, 0.6) is 0 Å². The molecule has 1 heterocycles. The number of fused-ring (bicyclic) bond motifs is 3. The van der Waals surface area contributed by atoms with Gasteiger partial charge in [0.05, 0.1) is 5.56 Å². The van der Waals surface area contributed by atoms with Crippen LogP contribution in [0.15, 0.2) is 48.1 Å². The van der Waals surface area contributed by atoms with Crippen molar-refractivity contribution >= 4 is 11.9 Å². The van der Waals surface area contributed by atoms with Gasteiger partial charge in [-0.3, -0.25) is 0 Å². The molecule has 1 aliphatic heterocycles. The van der Waals surface area contributed by atoms with Gasteiger partial charge in [0.15, 0.2) is 6.10 Å². The highest BCUT2D eigenvalue weighted by Gasteiger charge is 2.62. The Kier molecular flexibility index (Phi) is 7.58. The van der Waals surface area contributed by atoms with Crippen LogP contribution >= 0.6 is 0 Å². The molecule has 40 heavy (non-hydrogen) atoms. The lowest BCUT2D eigenvalue weighted by Crippen LogP contribution is -2.63. The molecule has 3 aliphatic carbocycles. The molecular formula is C34H46O6. The Morgan fingerprint density at radius 1 is 1.18 bits per heavy atom. The van der Waals surface area contributed by atoms with Crippen LogP contribution in [0.2, 0.25) is 0 Å². The van der Waals surface area contributed by atoms with E-state index in [-0.39, 0.29) is 47.1 Å². The molecule has 0 bridgehead atoms. The molecule has 2 N–H and O–H groups in total. The molecular weight excluding hydrogens is 504 g/mol. The van der Waals surface area contributed by atoms with Crippen LogP contribution in [0.4, 0.5) is 0 Å². The third-order valence-corrected chi connectivity index (χ3v) is 11.1. The van der Waals surface area contributed by atoms with E-state index in [9.17, 15) is 19.8 Å². The fourth-order valence-electron chi connectivity index (χ4n) is 8.81. The molecule has 218 valence electrons. The first-order valence-corrected chi connectivity index (χ1v) is 15.1. The summed E-state index contributed by atoms with van der Waals surface area (Å²) in [5.74, 6) is -0.825. The van der Waals surface area contributed by atoms with Crippen molar-refractivity contribution in [2.75, 3.05) is 0 Å². The zero-order chi connectivity index (χ0) is 29.1. The number of rotatable bonds is 4. The second-order valence-corrected chi connectivity index (χ2v) is 13.6. The predicted molar refractivity (Wildman–Crippen MR) is 153 cm³/mol. The standard InChI is InChI=1S/C34H46O6/c1-8-22-10-12-23(13-11-22)31(36)40-28-17-33(7)16-25-19(4)9-14-26-21(6)39-32(37)30(35)34(26,38)20(5)24(25)15-27(33)29(28)18(2)3/h9-13,18,21,24-30,35,38H,5,8,14-17H2,1-4,6-7H3. The number of allylic oxidation sites excluding steroid dienone is 2. The van der Waals surface area contributed by atoms with Gasteiger partial charge < -0.3 is 19.7 Å². The molecule has 6 heteroatoms. The number of carbonyl (C=O) groups is 2. The molecule has 1 aromatic carbocycles. The summed E-state index contributed by atoms with van der Waals surface area (Å²) in [5, 5.41) is 23.1. The van der Waals surface area contributed by atoms with Crippen molar-refractivity contribution in [3.05, 3.63) is 59.2 Å². The van der Waals surface area contributed by atoms with Crippen molar-refractivity contribution in [2.24, 2.45) is 40.9 Å². The Bertz CT molecular complexity index is 1200. The number of aliphatic hydroxyl groups is 2. The summed E-state index contributed by atoms with van der Waals surface area (Å²) in [6.45, 7) is 17.2. The lowest BCUT2D eigenvalue weighted by Gasteiger charge is -2.54. The fraction of sp³-hybridized carbons (Fsp3) is 0.647. The van der Waals surface area contributed by atoms with E-state index >= 15 is 0 Å². The summed E-state index contributed by atoms with van der Waals surface area (Å²) in [5.41, 5.74) is 1.76. The molecule has 5 rings (SSSR count). The molecule has 0 aromatic heterocycles. The van der Waals surface area contributed by atoms with Gasteiger partial charge in [-0.15, -0.1) is 0 Å². The maximum Gasteiger partial charge on any atom is 0.338 e. The smallest absolute Gasteiger partial charge is 0.338 e. The van der Waals surface area contributed by atoms with E-state index in [0.29, 0.717) is 17.6 Å². The van der Waals surface area contributed by atoms with Gasteiger partial charge in [0, 0.05) is 11.8 Å². The maximum absolute atomic E-state index is 13.3. The number of cyclic esters (lactones) is 1. The summed E-state index contributed by atoms with van der Waals surface area (Å²) in [6.07, 6.45) is 3.63. The van der Waals surface area contributed by atoms with Gasteiger partial charge in [0.2, 0.25) is 0 Å². The zero-order valence-electron chi connectivity index (χ0n) is 24.9. The minimum Gasteiger partial charge on any atom is -0.460 e. The molecule has 0 amide bonds. The normalized spacial score (nSPS) is 41.2. The van der Waals surface area contributed by atoms with E-state index < -0.39 is 29.7 Å². The molecule has 1 saturated heterocycles. The fourth-order valence-corrected chi connectivity index (χ4v) is 8.81. The van der Waals surface area contributed by atoms with E-state index in [0.717, 1.165) is 25.7 Å². The van der Waals surface area contributed by atoms with Crippen molar-refractivity contribution in [3.63, 3.8) is 0 Å². The Morgan fingerprint density at radius 3 is 2.48 bits per heavy atom. The lowest BCUT2D eigenvalue weighted by atomic mass is 9.53. The van der Waals surface area contributed by atoms with Crippen molar-refractivity contribution in [2.45, 2.75) is 97.6 Å². The first-order valence-electron chi connectivity index (χ1n) is 15.1. The van der Waals surface area contributed by atoms with Crippen LogP contribution in [0.1, 0.15) is 83.1 Å². The van der Waals surface area contributed by atoms with E-state index in [1.54, 1.807) is 6.92 Å². The molecule has 10 unspecified atom stereocenters. The van der Waals surface area contributed by atoms with Crippen LogP contribution in [0, 0.1) is 40.9 Å². The van der Waals surface area contributed by atoms with Gasteiger partial charge >= 0.3 is 11.9 Å². The van der Waals surface area contributed by atoms with Gasteiger partial charge in [-0.05, 0) is 98.3 Å². The molecule has 0 radical (unpaired) electrons. The number of carbonyl (C=O) groups excluding carboxylic acids is 2. The average molecular weight is 551 g/mol. The monoisotopic (exact) mass is 550 g/mol. The Balaban J connectivity index is 1.47. The molecule has 2 saturated carbocycles. The average Bonchev–Trinajstić information content (AvgIpc) is 3.20. The minimum atomic E-state index is -1.74. The Hall–Kier alpha value is -2.44. The van der Waals surface area contributed by atoms with Crippen molar-refractivity contribution in [3.8, 4) is 0 Å². The SMILES string of the molecule is C=C1C2CC3C(C(C)C)C(OC(=O)c4ccc(CC)cc4)CC3(C)CC2C(C)=CCC2C(C)OC(=O)C(O)C12O. The summed E-state index contributed by atoms with van der Waals surface area (Å²) >= 11 is 0. The number of hydrogen-bond acceptors (Lipinski definition) is 6. The molecule has 0 spiro atoms. The molecule has 6 nitrogen and oxygen atoms in total. The van der Waals surface area contributed by atoms with Gasteiger partial charge in [-0.25, -0.2) is 9.59 Å². The molecule has 3 fully saturated rings. The second-order valence-electron chi connectivity index (χ2n) is 13.6. The van der Waals surface area contributed by atoms with Crippen LogP contribution < -0.4 is 0 Å². The highest BCUT2D eigenvalue weighted by atomic mass is 16.6. The van der Waals surface area contributed by atoms with Crippen LogP contribution in [-0.4, -0.2) is 46.1 Å². The van der Waals surface area contributed by atoms with Crippen LogP contribution in [0.3, 0.4) is 0 Å². The zero-order valence-corrected chi connectivity index (χ0v) is 24.9. The molecule has 10 atom stereocenters. The molecule has 4 aliphatic rings. The number of benzene rings is 1. The van der Waals surface area contributed by atoms with Gasteiger partial charge in [-0.1, -0.05) is 58.1 Å². The highest BCUT2D eigenvalue weighted by Crippen LogP contribution is 2.63. The third-order valence-electron chi connectivity index (χ3n) is 11.1. The first-order chi connectivity index (χ1) is 18.8. The van der Waals surface area contributed by atoms with Gasteiger partial charge in [0.25, 0.3) is 0 Å². The number of hydrogen-bond donors (Lipinski definition) is 2. The topological polar surface area (TPSA) is 93.1 Å². The Morgan fingerprint density at radius 2 is 1.85 bits per heavy atom. The Labute approximate surface area is 238 Å². The van der Waals surface area contributed by atoms with Crippen molar-refractivity contribution in [1.29, 1.82) is 0 Å². The molecule has 1 aromatic rings. The van der Waals surface area contributed by atoms with E-state index in [1.165, 1.54) is 11.1 Å². The highest BCUT2D eigenvalue weighted by molar-refractivity contribution is 5.89. The van der Waals surface area contributed by atoms with Crippen LogP contribution in [-0.2, 0) is 20.7 Å². The van der Waals surface area contributed by atoms with Crippen molar-refractivity contribution in [1.82, 2.24) is 0 Å². The minimum absolute atomic E-state index is 0.0544. The number of esters is 2. The quantitative estimate of drug-likeness (QED) is 0.371. The van der Waals surface area contributed by atoms with Gasteiger partial charge in [-0.2, -0.15) is 0 Å². The van der Waals surface area contributed by atoms with E-state index in [4.69, 9.17) is 9.47 Å². The second kappa shape index (κ2) is 10.4. The van der Waals surface area contributed by atoms with Crippen LogP contribution in [0.25, 0.3) is 0 Å². The largest absolute Gasteiger partial charge is 0.460 e. The van der Waals surface area contributed by atoms with Crippen molar-refractivity contribution < 1.29 is 29.3 Å². The summed E-state index contributed by atoms with van der Waals surface area (Å²) in [4.78, 5) is 25.8. The van der Waals surface area contributed by atoms with E-state index in [1.807, 2.05) is 24.3 Å². The third kappa shape index (κ3) is 4.56. The summed E-state index contributed by atoms with van der Waals surface area (Å²) < 4.78 is 11.7. The maximum atomic E-state index is 13.3. The van der Waals surface area contributed by atoms with Gasteiger partial charge in [0.1, 0.15) is 17.8 Å². The summed E-state index contributed by atoms with van der Waals surface area (Å²) in [7, 11) is 0. The number of aryl methyl sites for hydroxylation is 1.